The number of hydrogen-bond acceptors (Lipinski definition) is 3. The van der Waals surface area contributed by atoms with Crippen LogP contribution in [-0.2, 0) is 4.79 Å². The van der Waals surface area contributed by atoms with Crippen molar-refractivity contribution in [3.05, 3.63) is 53.7 Å². The number of carbonyl (C=O) groups excluding carboxylic acids is 2. The van der Waals surface area contributed by atoms with E-state index in [0.717, 1.165) is 27.7 Å². The summed E-state index contributed by atoms with van der Waals surface area (Å²) in [5.74, 6) is -0.168. The number of nitrogens with one attached hydrogen (secondary N) is 4. The van der Waals surface area contributed by atoms with Crippen molar-refractivity contribution in [3.8, 4) is 0 Å². The second-order valence-electron chi connectivity index (χ2n) is 6.74. The first kappa shape index (κ1) is 16.8. The number of benzene rings is 2. The first-order chi connectivity index (χ1) is 13.0. The lowest BCUT2D eigenvalue weighted by atomic mass is 10.0. The third-order valence-corrected chi connectivity index (χ3v) is 4.26. The Morgan fingerprint density at radius 2 is 2.04 bits per heavy atom. The van der Waals surface area contributed by atoms with Gasteiger partial charge in [-0.25, -0.2) is 4.79 Å². The van der Waals surface area contributed by atoms with E-state index in [2.05, 4.69) is 26.1 Å². The number of H-pyrrole nitrogens is 1. The highest BCUT2D eigenvalue weighted by Crippen LogP contribution is 2.35. The molecule has 7 nitrogen and oxygen atoms in total. The summed E-state index contributed by atoms with van der Waals surface area (Å²) in [7, 11) is 0. The molecule has 3 aromatic rings. The largest absolute Gasteiger partial charge is 0.336 e. The maximum absolute atomic E-state index is 12.4. The minimum atomic E-state index is -0.280. The molecule has 0 unspecified atom stereocenters. The van der Waals surface area contributed by atoms with Crippen molar-refractivity contribution < 1.29 is 9.59 Å². The van der Waals surface area contributed by atoms with Crippen LogP contribution in [0.2, 0.25) is 0 Å². The summed E-state index contributed by atoms with van der Waals surface area (Å²) in [5.41, 5.74) is 4.45. The van der Waals surface area contributed by atoms with Gasteiger partial charge in [0.1, 0.15) is 0 Å². The second kappa shape index (κ2) is 6.60. The van der Waals surface area contributed by atoms with Crippen molar-refractivity contribution in [2.75, 3.05) is 10.6 Å². The van der Waals surface area contributed by atoms with E-state index in [1.54, 1.807) is 24.4 Å². The maximum Gasteiger partial charge on any atom is 0.319 e. The van der Waals surface area contributed by atoms with Crippen LogP contribution in [0.4, 0.5) is 16.2 Å². The molecule has 136 valence electrons. The smallest absolute Gasteiger partial charge is 0.319 e. The molecule has 3 amide bonds. The van der Waals surface area contributed by atoms with Crippen molar-refractivity contribution in [2.24, 2.45) is 0 Å². The molecule has 0 atom stereocenters. The Hall–Kier alpha value is -3.61. The molecule has 1 aromatic heterocycles. The molecule has 2 heterocycles. The molecule has 4 rings (SSSR count). The fraction of sp³-hybridized carbons (Fsp3) is 0.150. The molecular formula is C20H19N5O2. The van der Waals surface area contributed by atoms with Crippen LogP contribution >= 0.6 is 0 Å². The van der Waals surface area contributed by atoms with Crippen LogP contribution in [-0.4, -0.2) is 28.2 Å². The quantitative estimate of drug-likeness (QED) is 0.537. The van der Waals surface area contributed by atoms with E-state index in [1.165, 1.54) is 0 Å². The molecule has 0 radical (unpaired) electrons. The van der Waals surface area contributed by atoms with Crippen LogP contribution in [0.5, 0.6) is 0 Å². The number of carbonyl (C=O) groups is 2. The van der Waals surface area contributed by atoms with Gasteiger partial charge in [0.15, 0.2) is 0 Å². The normalized spacial score (nSPS) is 14.5. The van der Waals surface area contributed by atoms with Crippen LogP contribution in [0.15, 0.2) is 42.6 Å². The molecule has 27 heavy (non-hydrogen) atoms. The summed E-state index contributed by atoms with van der Waals surface area (Å²) in [5, 5.41) is 16.4. The SMILES string of the molecule is CC(C)NC(=O)Nc1ccc2c(c1)/C(=C\c1ccc3cn[nH]c3c1)C(=O)N2. The lowest BCUT2D eigenvalue weighted by Gasteiger charge is -2.11. The fourth-order valence-corrected chi connectivity index (χ4v) is 3.05. The number of amides is 3. The Morgan fingerprint density at radius 3 is 2.85 bits per heavy atom. The molecule has 1 aliphatic heterocycles. The number of fused-ring (bicyclic) bond motifs is 2. The highest BCUT2D eigenvalue weighted by molar-refractivity contribution is 6.35. The van der Waals surface area contributed by atoms with Gasteiger partial charge < -0.3 is 16.0 Å². The van der Waals surface area contributed by atoms with Crippen molar-refractivity contribution in [2.45, 2.75) is 19.9 Å². The molecule has 4 N–H and O–H groups in total. The first-order valence-electron chi connectivity index (χ1n) is 8.68. The first-order valence-corrected chi connectivity index (χ1v) is 8.68. The molecular weight excluding hydrogens is 342 g/mol. The zero-order valence-corrected chi connectivity index (χ0v) is 15.0. The highest BCUT2D eigenvalue weighted by Gasteiger charge is 2.24. The lowest BCUT2D eigenvalue weighted by molar-refractivity contribution is -0.110. The number of nitrogens with zero attached hydrogens (tertiary/aromatic N) is 1. The van der Waals surface area contributed by atoms with Crippen LogP contribution in [0.1, 0.15) is 25.0 Å². The van der Waals surface area contributed by atoms with E-state index in [0.29, 0.717) is 11.3 Å². The molecule has 0 saturated heterocycles. The molecule has 2 aromatic carbocycles. The predicted molar refractivity (Wildman–Crippen MR) is 106 cm³/mol. The van der Waals surface area contributed by atoms with E-state index in [1.807, 2.05) is 38.1 Å². The molecule has 1 aliphatic rings. The minimum absolute atomic E-state index is 0.0375. The molecule has 0 spiro atoms. The highest BCUT2D eigenvalue weighted by atomic mass is 16.2. The minimum Gasteiger partial charge on any atom is -0.336 e. The van der Waals surface area contributed by atoms with Crippen LogP contribution < -0.4 is 16.0 Å². The van der Waals surface area contributed by atoms with Crippen LogP contribution in [0.25, 0.3) is 22.6 Å². The van der Waals surface area contributed by atoms with E-state index in [9.17, 15) is 9.59 Å². The van der Waals surface area contributed by atoms with Crippen LogP contribution in [0.3, 0.4) is 0 Å². The predicted octanol–water partition coefficient (Wildman–Crippen LogP) is 3.59. The summed E-state index contributed by atoms with van der Waals surface area (Å²) in [6, 6.07) is 10.9. The number of hydrogen-bond donors (Lipinski definition) is 4. The average molecular weight is 361 g/mol. The van der Waals surface area contributed by atoms with Gasteiger partial charge in [0.05, 0.1) is 11.7 Å². The second-order valence-corrected chi connectivity index (χ2v) is 6.74. The van der Waals surface area contributed by atoms with Gasteiger partial charge in [0.25, 0.3) is 5.91 Å². The number of anilines is 2. The van der Waals surface area contributed by atoms with Crippen molar-refractivity contribution >= 4 is 45.9 Å². The standard InChI is InChI=1S/C20H19N5O2/c1-11(2)22-20(27)23-14-5-6-17-15(9-14)16(19(26)24-17)7-12-3-4-13-10-21-25-18(13)8-12/h3-11H,1-2H3,(H,21,25)(H,24,26)(H2,22,23,27)/b16-7+. The lowest BCUT2D eigenvalue weighted by Crippen LogP contribution is -2.34. The van der Waals surface area contributed by atoms with E-state index in [-0.39, 0.29) is 18.0 Å². The molecule has 0 bridgehead atoms. The Balaban J connectivity index is 1.66. The Labute approximate surface area is 155 Å². The number of rotatable bonds is 3. The van der Waals surface area contributed by atoms with Gasteiger partial charge in [-0.3, -0.25) is 9.89 Å². The number of urea groups is 1. The Kier molecular flexibility index (Phi) is 4.12. The summed E-state index contributed by atoms with van der Waals surface area (Å²) < 4.78 is 0. The van der Waals surface area contributed by atoms with Gasteiger partial charge in [-0.15, -0.1) is 0 Å². The van der Waals surface area contributed by atoms with Crippen molar-refractivity contribution in [1.29, 1.82) is 0 Å². The fourth-order valence-electron chi connectivity index (χ4n) is 3.05. The topological polar surface area (TPSA) is 98.9 Å². The van der Waals surface area contributed by atoms with E-state index < -0.39 is 0 Å². The molecule has 0 aliphatic carbocycles. The molecule has 7 heteroatoms. The van der Waals surface area contributed by atoms with Crippen molar-refractivity contribution in [1.82, 2.24) is 15.5 Å². The average Bonchev–Trinajstić information content (AvgIpc) is 3.19. The molecule has 0 fully saturated rings. The summed E-state index contributed by atoms with van der Waals surface area (Å²) in [6.07, 6.45) is 3.59. The van der Waals surface area contributed by atoms with Crippen molar-refractivity contribution in [3.63, 3.8) is 0 Å². The van der Waals surface area contributed by atoms with Gasteiger partial charge in [-0.1, -0.05) is 12.1 Å². The van der Waals surface area contributed by atoms with Gasteiger partial charge in [-0.2, -0.15) is 5.10 Å². The van der Waals surface area contributed by atoms with Crippen LogP contribution in [0, 0.1) is 0 Å². The maximum atomic E-state index is 12.4. The van der Waals surface area contributed by atoms with Gasteiger partial charge >= 0.3 is 6.03 Å². The molecule has 0 saturated carbocycles. The Bertz CT molecular complexity index is 1080. The van der Waals surface area contributed by atoms with Gasteiger partial charge in [-0.05, 0) is 49.8 Å². The third-order valence-electron chi connectivity index (χ3n) is 4.26. The monoisotopic (exact) mass is 361 g/mol. The van der Waals surface area contributed by atoms with E-state index in [4.69, 9.17) is 0 Å². The van der Waals surface area contributed by atoms with E-state index >= 15 is 0 Å². The van der Waals surface area contributed by atoms with Gasteiger partial charge in [0.2, 0.25) is 0 Å². The summed E-state index contributed by atoms with van der Waals surface area (Å²) >= 11 is 0. The Morgan fingerprint density at radius 1 is 1.19 bits per heavy atom. The zero-order valence-electron chi connectivity index (χ0n) is 15.0. The number of aromatic amines is 1. The summed E-state index contributed by atoms with van der Waals surface area (Å²) in [4.78, 5) is 24.4. The third kappa shape index (κ3) is 3.39. The number of aromatic nitrogens is 2. The zero-order chi connectivity index (χ0) is 19.0. The van der Waals surface area contributed by atoms with Gasteiger partial charge in [0, 0.05) is 33.9 Å². The summed E-state index contributed by atoms with van der Waals surface area (Å²) in [6.45, 7) is 3.78.